The summed E-state index contributed by atoms with van der Waals surface area (Å²) in [6, 6.07) is 10.2. The largest absolute Gasteiger partial charge is 0.322 e. The van der Waals surface area contributed by atoms with Gasteiger partial charge in [0.1, 0.15) is 0 Å². The normalized spacial score (nSPS) is 15.1. The fourth-order valence-corrected chi connectivity index (χ4v) is 19.9. The predicted molar refractivity (Wildman–Crippen MR) is 96.0 cm³/mol. The van der Waals surface area contributed by atoms with E-state index in [9.17, 15) is 0 Å². The molecule has 0 amide bonds. The third-order valence-corrected chi connectivity index (χ3v) is 19.1. The molecule has 0 fully saturated rings. The molecule has 0 N–H and O–H groups in total. The highest BCUT2D eigenvalue weighted by Crippen LogP contribution is 2.78. The van der Waals surface area contributed by atoms with Crippen LogP contribution in [0.1, 0.15) is 20.8 Å². The average molecular weight is 354 g/mol. The number of hydrogen-bond acceptors (Lipinski definition) is 5. The van der Waals surface area contributed by atoms with Crippen molar-refractivity contribution in [2.24, 2.45) is 0 Å². The zero-order chi connectivity index (χ0) is 14.4. The fraction of sp³-hybridized carbons (Fsp3) is 0.500. The van der Waals surface area contributed by atoms with Crippen LogP contribution in [0.15, 0.2) is 30.3 Å². The summed E-state index contributed by atoms with van der Waals surface area (Å²) in [6.07, 6.45) is 0.912. The summed E-state index contributed by atoms with van der Waals surface area (Å²) in [5.74, 6) is 0. The van der Waals surface area contributed by atoms with E-state index in [1.165, 1.54) is 5.30 Å². The molecule has 0 aromatic heterocycles. The fourth-order valence-electron chi connectivity index (χ4n) is 1.50. The van der Waals surface area contributed by atoms with Gasteiger partial charge >= 0.3 is 0 Å². The molecule has 2 nitrogen and oxygen atoms in total. The Morgan fingerprint density at radius 3 is 1.95 bits per heavy atom. The van der Waals surface area contributed by atoms with Gasteiger partial charge in [0.05, 0.1) is 13.2 Å². The van der Waals surface area contributed by atoms with Gasteiger partial charge in [-0.3, -0.25) is 0 Å². The molecule has 1 aromatic rings. The Kier molecular flexibility index (Phi) is 7.78. The van der Waals surface area contributed by atoms with Crippen LogP contribution in [-0.2, 0) is 32.7 Å². The zero-order valence-electron chi connectivity index (χ0n) is 11.4. The average Bonchev–Trinajstić information content (AvgIpc) is 2.40. The Morgan fingerprint density at radius 1 is 1.00 bits per heavy atom. The molecule has 1 rings (SSSR count). The van der Waals surface area contributed by atoms with E-state index < -0.39 is 10.9 Å². The van der Waals surface area contributed by atoms with E-state index in [-0.39, 0.29) is 0 Å². The lowest BCUT2D eigenvalue weighted by molar-refractivity contribution is 0.281. The molecule has 0 saturated carbocycles. The first-order chi connectivity index (χ1) is 8.99. The van der Waals surface area contributed by atoms with Crippen LogP contribution in [-0.4, -0.2) is 19.4 Å². The van der Waals surface area contributed by atoms with Gasteiger partial charge in [-0.25, -0.2) is 0 Å². The van der Waals surface area contributed by atoms with Crippen molar-refractivity contribution in [1.82, 2.24) is 0 Å². The van der Waals surface area contributed by atoms with Crippen molar-refractivity contribution < 1.29 is 9.05 Å². The van der Waals surface area contributed by atoms with Gasteiger partial charge in [0.15, 0.2) is 0 Å². The minimum atomic E-state index is -2.33. The molecule has 0 aliphatic rings. The summed E-state index contributed by atoms with van der Waals surface area (Å²) in [5.41, 5.74) is -2.33. The van der Waals surface area contributed by atoms with Crippen molar-refractivity contribution >= 4 is 50.9 Å². The quantitative estimate of drug-likeness (QED) is 0.625. The summed E-state index contributed by atoms with van der Waals surface area (Å²) in [5, 5.41) is -0.588. The van der Waals surface area contributed by atoms with Gasteiger partial charge in [-0.1, -0.05) is 49.1 Å². The molecule has 19 heavy (non-hydrogen) atoms. The zero-order valence-corrected chi connectivity index (χ0v) is 15.7. The lowest BCUT2D eigenvalue weighted by atomic mass is 10.4. The van der Waals surface area contributed by atoms with E-state index in [0.29, 0.717) is 13.2 Å². The molecular formula is C12H20O2P2S3. The summed E-state index contributed by atoms with van der Waals surface area (Å²) in [4.78, 5) is 0. The Hall–Kier alpha value is 0.790. The summed E-state index contributed by atoms with van der Waals surface area (Å²) in [6.45, 7) is 7.14. The van der Waals surface area contributed by atoms with Crippen molar-refractivity contribution in [1.29, 1.82) is 0 Å². The van der Waals surface area contributed by atoms with Gasteiger partial charge in [0.2, 0.25) is 0 Å². The molecule has 0 heterocycles. The van der Waals surface area contributed by atoms with E-state index in [1.807, 2.05) is 32.0 Å². The summed E-state index contributed by atoms with van der Waals surface area (Å²) >= 11 is 13.1. The maximum absolute atomic E-state index is 5.92. The Balaban J connectivity index is 3.03. The van der Waals surface area contributed by atoms with Crippen LogP contribution in [0.25, 0.3) is 0 Å². The lowest BCUT2D eigenvalue weighted by Crippen LogP contribution is -2.04. The Morgan fingerprint density at radius 2 is 1.53 bits per heavy atom. The van der Waals surface area contributed by atoms with Gasteiger partial charge in [-0.05, 0) is 48.1 Å². The van der Waals surface area contributed by atoms with Crippen LogP contribution in [0, 0.1) is 0 Å². The molecule has 108 valence electrons. The molecule has 0 saturated heterocycles. The second-order valence-electron chi connectivity index (χ2n) is 3.69. The first kappa shape index (κ1) is 17.8. The highest BCUT2D eigenvalue weighted by Gasteiger charge is 2.30. The van der Waals surface area contributed by atoms with E-state index in [2.05, 4.69) is 19.1 Å². The molecule has 1 unspecified atom stereocenters. The highest BCUT2D eigenvalue weighted by molar-refractivity contribution is 8.99. The highest BCUT2D eigenvalue weighted by atomic mass is 33.2. The second kappa shape index (κ2) is 8.29. The van der Waals surface area contributed by atoms with Crippen molar-refractivity contribution in [3.8, 4) is 0 Å². The molecule has 0 spiro atoms. The minimum Gasteiger partial charge on any atom is -0.322 e. The van der Waals surface area contributed by atoms with E-state index in [1.54, 1.807) is 11.0 Å². The maximum atomic E-state index is 5.92. The van der Waals surface area contributed by atoms with Crippen molar-refractivity contribution in [3.63, 3.8) is 0 Å². The summed E-state index contributed by atoms with van der Waals surface area (Å²) in [7, 11) is 0. The smallest absolute Gasteiger partial charge is 0.252 e. The third kappa shape index (κ3) is 5.24. The topological polar surface area (TPSA) is 18.5 Å². The number of rotatable bonds is 8. The van der Waals surface area contributed by atoms with Crippen LogP contribution < -0.4 is 5.30 Å². The van der Waals surface area contributed by atoms with Gasteiger partial charge in [0, 0.05) is 5.24 Å². The maximum Gasteiger partial charge on any atom is 0.252 e. The standard InChI is InChI=1S/C12H20O2P2S3/c1-4-13-16(18,14-5-2)19-15(17,6-3)12-10-8-7-9-11-12/h7-11H,4-6H2,1-3H3. The molecule has 1 aromatic carbocycles. The van der Waals surface area contributed by atoms with Crippen LogP contribution in [0.3, 0.4) is 0 Å². The van der Waals surface area contributed by atoms with Crippen molar-refractivity contribution in [3.05, 3.63) is 30.3 Å². The van der Waals surface area contributed by atoms with Gasteiger partial charge < -0.3 is 9.05 Å². The molecule has 0 aliphatic heterocycles. The van der Waals surface area contributed by atoms with E-state index in [0.717, 1.165) is 6.16 Å². The third-order valence-electron chi connectivity index (χ3n) is 2.37. The van der Waals surface area contributed by atoms with Crippen LogP contribution in [0.2, 0.25) is 0 Å². The van der Waals surface area contributed by atoms with Crippen LogP contribution >= 0.6 is 21.9 Å². The molecule has 0 radical (unpaired) electrons. The lowest BCUT2D eigenvalue weighted by Gasteiger charge is -2.27. The van der Waals surface area contributed by atoms with Gasteiger partial charge in [-0.2, -0.15) is 0 Å². The number of benzene rings is 1. The van der Waals surface area contributed by atoms with E-state index in [4.69, 9.17) is 32.7 Å². The van der Waals surface area contributed by atoms with Crippen molar-refractivity contribution in [2.45, 2.75) is 20.8 Å². The first-order valence-electron chi connectivity index (χ1n) is 6.24. The molecule has 0 bridgehead atoms. The van der Waals surface area contributed by atoms with Crippen LogP contribution in [0.4, 0.5) is 0 Å². The molecule has 0 aliphatic carbocycles. The van der Waals surface area contributed by atoms with Gasteiger partial charge in [-0.15, -0.1) is 0 Å². The monoisotopic (exact) mass is 354 g/mol. The van der Waals surface area contributed by atoms with E-state index >= 15 is 0 Å². The second-order valence-corrected chi connectivity index (χ2v) is 17.7. The molecule has 7 heteroatoms. The minimum absolute atomic E-state index is 0.568. The predicted octanol–water partition coefficient (Wildman–Crippen LogP) is 4.76. The number of hydrogen-bond donors (Lipinski definition) is 0. The summed E-state index contributed by atoms with van der Waals surface area (Å²) < 4.78 is 11.4. The molecular weight excluding hydrogens is 334 g/mol. The van der Waals surface area contributed by atoms with Gasteiger partial charge in [0.25, 0.3) is 5.69 Å². The SMILES string of the molecule is CCOP(=S)(OCC)SP(=S)(CC)c1ccccc1. The Labute approximate surface area is 130 Å². The van der Waals surface area contributed by atoms with Crippen molar-refractivity contribution in [2.75, 3.05) is 19.4 Å². The first-order valence-corrected chi connectivity index (χ1v) is 13.9. The molecule has 1 atom stereocenters. The van der Waals surface area contributed by atoms with Crippen LogP contribution in [0.5, 0.6) is 0 Å². The Bertz CT molecular complexity index is 469.